The summed E-state index contributed by atoms with van der Waals surface area (Å²) in [7, 11) is 2.10. The Morgan fingerprint density at radius 1 is 1.42 bits per heavy atom. The number of hydrogen-bond donors (Lipinski definition) is 1. The molecule has 1 aromatic rings. The summed E-state index contributed by atoms with van der Waals surface area (Å²) in [4.78, 5) is 14.3. The Hall–Kier alpha value is -1.06. The second kappa shape index (κ2) is 6.92. The van der Waals surface area contributed by atoms with E-state index in [4.69, 9.17) is 11.6 Å². The molecule has 1 saturated heterocycles. The fraction of sp³-hybridized carbons (Fsp3) is 0.533. The van der Waals surface area contributed by atoms with E-state index in [0.717, 1.165) is 18.5 Å². The molecule has 1 aliphatic rings. The summed E-state index contributed by atoms with van der Waals surface area (Å²) in [5, 5.41) is 3.66. The highest BCUT2D eigenvalue weighted by Gasteiger charge is 2.21. The molecule has 19 heavy (non-hydrogen) atoms. The van der Waals surface area contributed by atoms with Crippen LogP contribution in [0.1, 0.15) is 31.2 Å². The Morgan fingerprint density at radius 2 is 2.21 bits per heavy atom. The average Bonchev–Trinajstić information content (AvgIpc) is 2.40. The van der Waals surface area contributed by atoms with E-state index >= 15 is 0 Å². The molecule has 1 heterocycles. The lowest BCUT2D eigenvalue weighted by atomic mass is 10.00. The number of nitrogens with one attached hydrogen (secondary N) is 1. The first-order valence-electron chi connectivity index (χ1n) is 6.87. The van der Waals surface area contributed by atoms with Crippen LogP contribution in [-0.2, 0) is 11.3 Å². The smallest absolute Gasteiger partial charge is 0.221 e. The Kier molecular flexibility index (Phi) is 5.23. The maximum absolute atomic E-state index is 12.0. The first kappa shape index (κ1) is 14.4. The molecule has 0 saturated carbocycles. The van der Waals surface area contributed by atoms with Gasteiger partial charge in [-0.2, -0.15) is 0 Å². The molecule has 1 aromatic carbocycles. The summed E-state index contributed by atoms with van der Waals surface area (Å²) in [5.41, 5.74) is 0.967. The molecule has 0 aromatic heterocycles. The fourth-order valence-corrected chi connectivity index (χ4v) is 2.73. The van der Waals surface area contributed by atoms with Crippen molar-refractivity contribution in [3.05, 3.63) is 34.9 Å². The highest BCUT2D eigenvalue weighted by Crippen LogP contribution is 2.18. The van der Waals surface area contributed by atoms with Gasteiger partial charge < -0.3 is 10.2 Å². The van der Waals surface area contributed by atoms with Gasteiger partial charge in [0.1, 0.15) is 0 Å². The van der Waals surface area contributed by atoms with E-state index in [-0.39, 0.29) is 5.91 Å². The maximum Gasteiger partial charge on any atom is 0.221 e. The molecule has 3 nitrogen and oxygen atoms in total. The van der Waals surface area contributed by atoms with Crippen molar-refractivity contribution in [2.24, 2.45) is 0 Å². The van der Waals surface area contributed by atoms with E-state index in [1.807, 2.05) is 24.3 Å². The van der Waals surface area contributed by atoms with Gasteiger partial charge in [0, 0.05) is 24.0 Å². The Labute approximate surface area is 119 Å². The van der Waals surface area contributed by atoms with Gasteiger partial charge in [0.15, 0.2) is 0 Å². The van der Waals surface area contributed by atoms with Crippen LogP contribution in [0.3, 0.4) is 0 Å². The zero-order chi connectivity index (χ0) is 13.7. The zero-order valence-corrected chi connectivity index (χ0v) is 12.1. The lowest BCUT2D eigenvalue weighted by molar-refractivity contribution is -0.122. The summed E-state index contributed by atoms with van der Waals surface area (Å²) in [6.07, 6.45) is 4.18. The van der Waals surface area contributed by atoms with Crippen molar-refractivity contribution in [3.8, 4) is 0 Å². The van der Waals surface area contributed by atoms with Crippen molar-refractivity contribution >= 4 is 17.5 Å². The van der Waals surface area contributed by atoms with Crippen LogP contribution in [0.4, 0.5) is 0 Å². The standard InChI is InChI=1S/C15H21ClN2O/c1-18-9-5-4-7-13(18)10-15(19)17-11-12-6-2-3-8-14(12)16/h2-3,6,8,13H,4-5,7,9-11H2,1H3,(H,17,19). The molecular weight excluding hydrogens is 260 g/mol. The second-order valence-corrected chi connectivity index (χ2v) is 5.61. The Balaban J connectivity index is 1.80. The minimum atomic E-state index is 0.110. The molecule has 1 atom stereocenters. The normalized spacial score (nSPS) is 20.2. The highest BCUT2D eigenvalue weighted by atomic mass is 35.5. The molecular formula is C15H21ClN2O. The van der Waals surface area contributed by atoms with Crippen LogP contribution in [0.2, 0.25) is 5.02 Å². The van der Waals surface area contributed by atoms with Gasteiger partial charge in [-0.15, -0.1) is 0 Å². The van der Waals surface area contributed by atoms with Gasteiger partial charge in [-0.1, -0.05) is 36.2 Å². The molecule has 1 amide bonds. The van der Waals surface area contributed by atoms with Crippen molar-refractivity contribution in [2.75, 3.05) is 13.6 Å². The van der Waals surface area contributed by atoms with Crippen molar-refractivity contribution in [3.63, 3.8) is 0 Å². The van der Waals surface area contributed by atoms with Crippen molar-refractivity contribution in [2.45, 2.75) is 38.3 Å². The monoisotopic (exact) mass is 280 g/mol. The molecule has 0 aliphatic carbocycles. The number of benzene rings is 1. The van der Waals surface area contributed by atoms with Crippen LogP contribution >= 0.6 is 11.6 Å². The van der Waals surface area contributed by atoms with E-state index in [0.29, 0.717) is 24.0 Å². The van der Waals surface area contributed by atoms with Crippen LogP contribution < -0.4 is 5.32 Å². The van der Waals surface area contributed by atoms with Crippen LogP contribution in [0.15, 0.2) is 24.3 Å². The molecule has 2 rings (SSSR count). The summed E-state index contributed by atoms with van der Waals surface area (Å²) < 4.78 is 0. The van der Waals surface area contributed by atoms with Crippen LogP contribution in [0, 0.1) is 0 Å². The number of nitrogens with zero attached hydrogens (tertiary/aromatic N) is 1. The lowest BCUT2D eigenvalue weighted by Crippen LogP contribution is -2.40. The van der Waals surface area contributed by atoms with Crippen LogP contribution in [-0.4, -0.2) is 30.4 Å². The molecule has 1 aliphatic heterocycles. The lowest BCUT2D eigenvalue weighted by Gasteiger charge is -2.31. The molecule has 4 heteroatoms. The summed E-state index contributed by atoms with van der Waals surface area (Å²) in [6, 6.07) is 8.00. The number of hydrogen-bond acceptors (Lipinski definition) is 2. The molecule has 0 spiro atoms. The minimum Gasteiger partial charge on any atom is -0.352 e. The quantitative estimate of drug-likeness (QED) is 0.920. The van der Waals surface area contributed by atoms with E-state index in [1.165, 1.54) is 12.8 Å². The number of halogens is 1. The number of rotatable bonds is 4. The van der Waals surface area contributed by atoms with Crippen molar-refractivity contribution in [1.29, 1.82) is 0 Å². The minimum absolute atomic E-state index is 0.110. The molecule has 0 bridgehead atoms. The number of piperidine rings is 1. The topological polar surface area (TPSA) is 32.3 Å². The van der Waals surface area contributed by atoms with Gasteiger partial charge in [0.05, 0.1) is 0 Å². The highest BCUT2D eigenvalue weighted by molar-refractivity contribution is 6.31. The molecule has 1 fully saturated rings. The largest absolute Gasteiger partial charge is 0.352 e. The third-order valence-corrected chi connectivity index (χ3v) is 4.15. The molecule has 104 valence electrons. The summed E-state index contributed by atoms with van der Waals surface area (Å²) >= 11 is 6.06. The van der Waals surface area contributed by atoms with Gasteiger partial charge in [-0.25, -0.2) is 0 Å². The number of carbonyl (C=O) groups excluding carboxylic acids is 1. The maximum atomic E-state index is 12.0. The van der Waals surface area contributed by atoms with Crippen molar-refractivity contribution < 1.29 is 4.79 Å². The van der Waals surface area contributed by atoms with E-state index in [9.17, 15) is 4.79 Å². The van der Waals surface area contributed by atoms with Gasteiger partial charge in [-0.3, -0.25) is 4.79 Å². The fourth-order valence-electron chi connectivity index (χ4n) is 2.52. The van der Waals surface area contributed by atoms with Gasteiger partial charge in [0.2, 0.25) is 5.91 Å². The summed E-state index contributed by atoms with van der Waals surface area (Å²) in [6.45, 7) is 1.61. The van der Waals surface area contributed by atoms with Crippen molar-refractivity contribution in [1.82, 2.24) is 10.2 Å². The second-order valence-electron chi connectivity index (χ2n) is 5.20. The van der Waals surface area contributed by atoms with E-state index < -0.39 is 0 Å². The predicted octanol–water partition coefficient (Wildman–Crippen LogP) is 2.83. The third kappa shape index (κ3) is 4.22. The predicted molar refractivity (Wildman–Crippen MR) is 78.2 cm³/mol. The van der Waals surface area contributed by atoms with Gasteiger partial charge >= 0.3 is 0 Å². The number of amides is 1. The summed E-state index contributed by atoms with van der Waals surface area (Å²) in [5.74, 6) is 0.110. The van der Waals surface area contributed by atoms with E-state index in [1.54, 1.807) is 0 Å². The number of carbonyl (C=O) groups is 1. The first-order chi connectivity index (χ1) is 9.16. The molecule has 0 radical (unpaired) electrons. The molecule has 1 unspecified atom stereocenters. The zero-order valence-electron chi connectivity index (χ0n) is 11.4. The van der Waals surface area contributed by atoms with E-state index in [2.05, 4.69) is 17.3 Å². The Bertz CT molecular complexity index is 436. The van der Waals surface area contributed by atoms with Crippen LogP contribution in [0.5, 0.6) is 0 Å². The van der Waals surface area contributed by atoms with Gasteiger partial charge in [-0.05, 0) is 38.1 Å². The Morgan fingerprint density at radius 3 is 2.95 bits per heavy atom. The average molecular weight is 281 g/mol. The van der Waals surface area contributed by atoms with Crippen LogP contribution in [0.25, 0.3) is 0 Å². The SMILES string of the molecule is CN1CCCCC1CC(=O)NCc1ccccc1Cl. The molecule has 1 N–H and O–H groups in total. The third-order valence-electron chi connectivity index (χ3n) is 3.78. The number of likely N-dealkylation sites (tertiary alicyclic amines) is 1. The first-order valence-corrected chi connectivity index (χ1v) is 7.25. The van der Waals surface area contributed by atoms with Gasteiger partial charge in [0.25, 0.3) is 0 Å².